The Morgan fingerprint density at radius 1 is 1.35 bits per heavy atom. The van der Waals surface area contributed by atoms with Gasteiger partial charge in [-0.15, -0.1) is 0 Å². The summed E-state index contributed by atoms with van der Waals surface area (Å²) in [6, 6.07) is 11.3. The van der Waals surface area contributed by atoms with Gasteiger partial charge >= 0.3 is 0 Å². The highest BCUT2D eigenvalue weighted by atomic mass is 14.9. The van der Waals surface area contributed by atoms with Gasteiger partial charge < -0.3 is 5.32 Å². The minimum atomic E-state index is 0.285. The van der Waals surface area contributed by atoms with Crippen LogP contribution in [0.15, 0.2) is 24.3 Å². The van der Waals surface area contributed by atoms with Crippen molar-refractivity contribution in [1.82, 2.24) is 5.32 Å². The maximum absolute atomic E-state index is 8.78. The van der Waals surface area contributed by atoms with Gasteiger partial charge in [0.1, 0.15) is 0 Å². The van der Waals surface area contributed by atoms with Crippen LogP contribution in [0.1, 0.15) is 43.4 Å². The molecule has 0 unspecified atom stereocenters. The molecule has 0 bridgehead atoms. The van der Waals surface area contributed by atoms with Crippen molar-refractivity contribution in [1.29, 1.82) is 5.26 Å². The van der Waals surface area contributed by atoms with E-state index in [9.17, 15) is 0 Å². The van der Waals surface area contributed by atoms with Gasteiger partial charge in [0.25, 0.3) is 0 Å². The fourth-order valence-corrected chi connectivity index (χ4v) is 2.10. The predicted molar refractivity (Wildman–Crippen MR) is 69.5 cm³/mol. The number of nitrogens with zero attached hydrogens (tertiary/aromatic N) is 1. The van der Waals surface area contributed by atoms with Crippen LogP contribution < -0.4 is 5.32 Å². The van der Waals surface area contributed by atoms with Gasteiger partial charge in [0, 0.05) is 19.0 Å². The van der Waals surface area contributed by atoms with Crippen LogP contribution in [-0.4, -0.2) is 6.54 Å². The van der Waals surface area contributed by atoms with Crippen LogP contribution in [-0.2, 0) is 0 Å². The molecule has 0 aliphatic heterocycles. The van der Waals surface area contributed by atoms with Crippen LogP contribution in [0.25, 0.3) is 0 Å². The molecule has 90 valence electrons. The van der Waals surface area contributed by atoms with E-state index in [0.29, 0.717) is 12.5 Å². The van der Waals surface area contributed by atoms with E-state index >= 15 is 0 Å². The van der Waals surface area contributed by atoms with Gasteiger partial charge in [-0.3, -0.25) is 0 Å². The first-order chi connectivity index (χ1) is 8.15. The number of rotatable bonds is 5. The number of nitriles is 1. The summed E-state index contributed by atoms with van der Waals surface area (Å²) in [6.07, 6.45) is 3.10. The zero-order valence-corrected chi connectivity index (χ0v) is 10.7. The van der Waals surface area contributed by atoms with Crippen molar-refractivity contribution < 1.29 is 0 Å². The third-order valence-electron chi connectivity index (χ3n) is 3.77. The van der Waals surface area contributed by atoms with Crippen molar-refractivity contribution in [3.05, 3.63) is 35.4 Å². The monoisotopic (exact) mass is 228 g/mol. The van der Waals surface area contributed by atoms with Crippen molar-refractivity contribution in [2.24, 2.45) is 5.41 Å². The van der Waals surface area contributed by atoms with E-state index in [1.165, 1.54) is 24.0 Å². The number of benzene rings is 1. The molecule has 1 fully saturated rings. The summed E-state index contributed by atoms with van der Waals surface area (Å²) in [7, 11) is 0. The van der Waals surface area contributed by atoms with Gasteiger partial charge in [-0.2, -0.15) is 5.26 Å². The Morgan fingerprint density at radius 2 is 2.00 bits per heavy atom. The van der Waals surface area contributed by atoms with Gasteiger partial charge in [-0.25, -0.2) is 0 Å². The second-order valence-corrected chi connectivity index (χ2v) is 5.35. The maximum Gasteiger partial charge on any atom is 0.0628 e. The minimum absolute atomic E-state index is 0.285. The molecule has 0 amide bonds. The summed E-state index contributed by atoms with van der Waals surface area (Å²) in [4.78, 5) is 0. The van der Waals surface area contributed by atoms with E-state index in [2.05, 4.69) is 49.5 Å². The Morgan fingerprint density at radius 3 is 2.53 bits per heavy atom. The fraction of sp³-hybridized carbons (Fsp3) is 0.533. The average Bonchev–Trinajstić information content (AvgIpc) is 3.08. The van der Waals surface area contributed by atoms with Crippen molar-refractivity contribution in [2.45, 2.75) is 39.2 Å². The molecule has 2 rings (SSSR count). The van der Waals surface area contributed by atoms with Gasteiger partial charge in [0.05, 0.1) is 6.07 Å². The number of hydrogen-bond acceptors (Lipinski definition) is 2. The second kappa shape index (κ2) is 4.89. The lowest BCUT2D eigenvalue weighted by Gasteiger charge is -2.18. The lowest BCUT2D eigenvalue weighted by Crippen LogP contribution is -2.26. The Kier molecular flexibility index (Phi) is 3.49. The molecule has 0 heterocycles. The largest absolute Gasteiger partial charge is 0.310 e. The van der Waals surface area contributed by atoms with E-state index in [-0.39, 0.29) is 5.41 Å². The van der Waals surface area contributed by atoms with E-state index in [1.807, 2.05) is 0 Å². The molecule has 1 aliphatic carbocycles. The maximum atomic E-state index is 8.78. The van der Waals surface area contributed by atoms with Gasteiger partial charge in [0.15, 0.2) is 0 Å². The number of nitrogens with one attached hydrogen (secondary N) is 1. The lowest BCUT2D eigenvalue weighted by molar-refractivity contribution is 0.433. The third-order valence-corrected chi connectivity index (χ3v) is 3.77. The Balaban J connectivity index is 1.87. The zero-order chi connectivity index (χ0) is 12.3. The van der Waals surface area contributed by atoms with Crippen LogP contribution in [0.5, 0.6) is 0 Å². The molecule has 2 heteroatoms. The summed E-state index contributed by atoms with van der Waals surface area (Å²) >= 11 is 0. The predicted octanol–water partition coefficient (Wildman–Crippen LogP) is 3.34. The first kappa shape index (κ1) is 12.1. The first-order valence-electron chi connectivity index (χ1n) is 6.32. The first-order valence-corrected chi connectivity index (χ1v) is 6.32. The van der Waals surface area contributed by atoms with Crippen LogP contribution in [0.4, 0.5) is 0 Å². The Labute approximate surface area is 104 Å². The zero-order valence-electron chi connectivity index (χ0n) is 10.7. The van der Waals surface area contributed by atoms with Crippen LogP contribution in [0.2, 0.25) is 0 Å². The topological polar surface area (TPSA) is 35.8 Å². The second-order valence-electron chi connectivity index (χ2n) is 5.35. The summed E-state index contributed by atoms with van der Waals surface area (Å²) in [6.45, 7) is 5.26. The van der Waals surface area contributed by atoms with Crippen molar-refractivity contribution in [2.75, 3.05) is 6.54 Å². The van der Waals surface area contributed by atoms with E-state index in [1.54, 1.807) is 0 Å². The summed E-state index contributed by atoms with van der Waals surface area (Å²) < 4.78 is 0. The molecule has 0 radical (unpaired) electrons. The summed E-state index contributed by atoms with van der Waals surface area (Å²) in [5, 5.41) is 12.3. The van der Waals surface area contributed by atoms with Gasteiger partial charge in [-0.05, 0) is 37.7 Å². The highest BCUT2D eigenvalue weighted by Crippen LogP contribution is 2.48. The highest BCUT2D eigenvalue weighted by molar-refractivity contribution is 5.23. The van der Waals surface area contributed by atoms with E-state index in [0.717, 1.165) is 6.54 Å². The Bertz CT molecular complexity index is 410. The summed E-state index contributed by atoms with van der Waals surface area (Å²) in [5.41, 5.74) is 2.90. The van der Waals surface area contributed by atoms with Crippen LogP contribution in [0.3, 0.4) is 0 Å². The highest BCUT2D eigenvalue weighted by Gasteiger charge is 2.42. The molecule has 0 spiro atoms. The number of hydrogen-bond donors (Lipinski definition) is 1. The van der Waals surface area contributed by atoms with Crippen molar-refractivity contribution in [3.8, 4) is 6.07 Å². The molecule has 17 heavy (non-hydrogen) atoms. The van der Waals surface area contributed by atoms with Crippen LogP contribution >= 0.6 is 0 Å². The average molecular weight is 228 g/mol. The SMILES string of the molecule is Cc1ccc([C@H](C)NCC2(CC#N)CC2)cc1. The van der Waals surface area contributed by atoms with E-state index < -0.39 is 0 Å². The summed E-state index contributed by atoms with van der Waals surface area (Å²) in [5.74, 6) is 0. The van der Waals surface area contributed by atoms with Crippen LogP contribution in [0, 0.1) is 23.7 Å². The lowest BCUT2D eigenvalue weighted by atomic mass is 10.0. The molecule has 1 aromatic carbocycles. The molecular formula is C15H20N2. The molecule has 1 atom stereocenters. The number of aryl methyl sites for hydroxylation is 1. The normalized spacial score (nSPS) is 18.4. The fourth-order valence-electron chi connectivity index (χ4n) is 2.10. The van der Waals surface area contributed by atoms with Gasteiger partial charge in [-0.1, -0.05) is 29.8 Å². The minimum Gasteiger partial charge on any atom is -0.310 e. The third kappa shape index (κ3) is 3.08. The molecule has 0 aromatic heterocycles. The molecule has 1 aromatic rings. The molecule has 1 N–H and O–H groups in total. The van der Waals surface area contributed by atoms with Crippen molar-refractivity contribution in [3.63, 3.8) is 0 Å². The smallest absolute Gasteiger partial charge is 0.0628 e. The van der Waals surface area contributed by atoms with E-state index in [4.69, 9.17) is 5.26 Å². The quantitative estimate of drug-likeness (QED) is 0.839. The molecule has 2 nitrogen and oxygen atoms in total. The molecule has 1 saturated carbocycles. The Hall–Kier alpha value is -1.33. The van der Waals surface area contributed by atoms with Gasteiger partial charge in [0.2, 0.25) is 0 Å². The standard InChI is InChI=1S/C15H20N2/c1-12-3-5-14(6-4-12)13(2)17-11-15(7-8-15)9-10-16/h3-6,13,17H,7-9,11H2,1-2H3/t13-/m0/s1. The molecular weight excluding hydrogens is 208 g/mol. The molecule has 1 aliphatic rings. The van der Waals surface area contributed by atoms with Crippen molar-refractivity contribution >= 4 is 0 Å². The molecule has 0 saturated heterocycles.